The molecule has 0 saturated carbocycles. The Balaban J connectivity index is 2.19. The van der Waals surface area contributed by atoms with Gasteiger partial charge in [-0.2, -0.15) is 0 Å². The predicted molar refractivity (Wildman–Crippen MR) is 45.6 cm³/mol. The van der Waals surface area contributed by atoms with Gasteiger partial charge in [0.15, 0.2) is 0 Å². The average molecular weight is 158 g/mol. The fourth-order valence-corrected chi connectivity index (χ4v) is 2.03. The van der Waals surface area contributed by atoms with Crippen LogP contribution >= 0.6 is 0 Å². The Morgan fingerprint density at radius 1 is 1.64 bits per heavy atom. The van der Waals surface area contributed by atoms with Gasteiger partial charge in [0.1, 0.15) is 0 Å². The molecular formula is C9H20NO+. The van der Waals surface area contributed by atoms with Crippen LogP contribution in [0.25, 0.3) is 0 Å². The average Bonchev–Trinajstić information content (AvgIpc) is 2.34. The van der Waals surface area contributed by atoms with Gasteiger partial charge in [-0.3, -0.25) is 0 Å². The third-order valence-electron chi connectivity index (χ3n) is 2.66. The van der Waals surface area contributed by atoms with E-state index in [9.17, 15) is 0 Å². The van der Waals surface area contributed by atoms with Gasteiger partial charge in [-0.25, -0.2) is 0 Å². The van der Waals surface area contributed by atoms with E-state index in [4.69, 9.17) is 5.11 Å². The summed E-state index contributed by atoms with van der Waals surface area (Å²) in [7, 11) is 0. The van der Waals surface area contributed by atoms with Crippen LogP contribution in [0.5, 0.6) is 0 Å². The monoisotopic (exact) mass is 158 g/mol. The van der Waals surface area contributed by atoms with Crippen LogP contribution in [-0.4, -0.2) is 30.8 Å². The highest BCUT2D eigenvalue weighted by Gasteiger charge is 2.25. The number of hydrogen-bond acceptors (Lipinski definition) is 1. The summed E-state index contributed by atoms with van der Waals surface area (Å²) in [6.07, 6.45) is 2.22. The number of hydrogen-bond donors (Lipinski definition) is 2. The van der Waals surface area contributed by atoms with Gasteiger partial charge < -0.3 is 10.0 Å². The quantitative estimate of drug-likeness (QED) is 0.578. The van der Waals surface area contributed by atoms with Gasteiger partial charge in [0.25, 0.3) is 0 Å². The molecule has 2 N–H and O–H groups in total. The number of likely N-dealkylation sites (tertiary alicyclic amines) is 1. The fraction of sp³-hybridized carbons (Fsp3) is 1.00. The maximum absolute atomic E-state index is 9.16. The molecule has 0 aliphatic carbocycles. The third kappa shape index (κ3) is 2.80. The Bertz CT molecular complexity index is 114. The van der Waals surface area contributed by atoms with Crippen LogP contribution in [0.2, 0.25) is 0 Å². The molecule has 1 saturated heterocycles. The zero-order valence-corrected chi connectivity index (χ0v) is 7.64. The van der Waals surface area contributed by atoms with Crippen molar-refractivity contribution in [2.75, 3.05) is 19.6 Å². The highest BCUT2D eigenvalue weighted by molar-refractivity contribution is 4.64. The molecule has 0 bridgehead atoms. The van der Waals surface area contributed by atoms with Gasteiger partial charge in [-0.15, -0.1) is 0 Å². The Labute approximate surface area is 69.2 Å². The van der Waals surface area contributed by atoms with Crippen LogP contribution in [0.15, 0.2) is 0 Å². The molecule has 11 heavy (non-hydrogen) atoms. The smallest absolute Gasteiger partial charge is 0.0802 e. The standard InChI is InChI=1S/C9H19NO/c1-3-10-5-4-9(7-10)6-8(2)11/h8-9,11H,3-7H2,1-2H3/p+1. The van der Waals surface area contributed by atoms with Crippen molar-refractivity contribution in [1.82, 2.24) is 0 Å². The minimum absolute atomic E-state index is 0.101. The molecule has 0 spiro atoms. The van der Waals surface area contributed by atoms with Crippen molar-refractivity contribution in [3.63, 3.8) is 0 Å². The van der Waals surface area contributed by atoms with Gasteiger partial charge >= 0.3 is 0 Å². The molecule has 1 heterocycles. The first kappa shape index (κ1) is 9.01. The van der Waals surface area contributed by atoms with Crippen molar-refractivity contribution in [2.24, 2.45) is 5.92 Å². The summed E-state index contributed by atoms with van der Waals surface area (Å²) < 4.78 is 0. The predicted octanol–water partition coefficient (Wildman–Crippen LogP) is -0.318. The summed E-state index contributed by atoms with van der Waals surface area (Å²) in [5, 5.41) is 9.16. The van der Waals surface area contributed by atoms with Gasteiger partial charge in [0, 0.05) is 12.3 Å². The lowest BCUT2D eigenvalue weighted by Gasteiger charge is -2.11. The molecule has 0 aromatic carbocycles. The lowest BCUT2D eigenvalue weighted by atomic mass is 10.0. The zero-order valence-electron chi connectivity index (χ0n) is 7.64. The highest BCUT2D eigenvalue weighted by atomic mass is 16.3. The number of aliphatic hydroxyl groups is 1. The lowest BCUT2D eigenvalue weighted by molar-refractivity contribution is -0.887. The van der Waals surface area contributed by atoms with E-state index in [0.717, 1.165) is 12.3 Å². The topological polar surface area (TPSA) is 24.7 Å². The number of nitrogens with one attached hydrogen (secondary N) is 1. The van der Waals surface area contributed by atoms with E-state index in [0.29, 0.717) is 0 Å². The first-order valence-corrected chi connectivity index (χ1v) is 4.74. The molecule has 0 aromatic rings. The van der Waals surface area contributed by atoms with Gasteiger partial charge in [-0.1, -0.05) is 0 Å². The Hall–Kier alpha value is -0.0800. The summed E-state index contributed by atoms with van der Waals surface area (Å²) >= 11 is 0. The summed E-state index contributed by atoms with van der Waals surface area (Å²) in [6, 6.07) is 0. The summed E-state index contributed by atoms with van der Waals surface area (Å²) in [5.74, 6) is 0.782. The Morgan fingerprint density at radius 3 is 2.82 bits per heavy atom. The van der Waals surface area contributed by atoms with Crippen LogP contribution < -0.4 is 4.90 Å². The maximum Gasteiger partial charge on any atom is 0.0802 e. The highest BCUT2D eigenvalue weighted by Crippen LogP contribution is 2.11. The van der Waals surface area contributed by atoms with Gasteiger partial charge in [0.05, 0.1) is 25.7 Å². The molecule has 2 nitrogen and oxygen atoms in total. The van der Waals surface area contributed by atoms with Crippen LogP contribution in [0.4, 0.5) is 0 Å². The Kier molecular flexibility index (Phi) is 3.34. The van der Waals surface area contributed by atoms with E-state index in [2.05, 4.69) is 6.92 Å². The fourth-order valence-electron chi connectivity index (χ4n) is 2.03. The minimum Gasteiger partial charge on any atom is -0.393 e. The molecule has 66 valence electrons. The van der Waals surface area contributed by atoms with Crippen molar-refractivity contribution in [2.45, 2.75) is 32.8 Å². The second kappa shape index (κ2) is 4.07. The number of quaternary nitrogens is 1. The van der Waals surface area contributed by atoms with Crippen LogP contribution in [0.1, 0.15) is 26.7 Å². The molecule has 3 unspecified atom stereocenters. The maximum atomic E-state index is 9.16. The van der Waals surface area contributed by atoms with Gasteiger partial charge in [0.2, 0.25) is 0 Å². The van der Waals surface area contributed by atoms with E-state index < -0.39 is 0 Å². The Morgan fingerprint density at radius 2 is 2.36 bits per heavy atom. The van der Waals surface area contributed by atoms with Crippen LogP contribution in [0, 0.1) is 5.92 Å². The molecule has 0 aromatic heterocycles. The second-order valence-electron chi connectivity index (χ2n) is 3.80. The first-order chi connectivity index (χ1) is 5.22. The van der Waals surface area contributed by atoms with E-state index in [1.54, 1.807) is 4.90 Å². The SMILES string of the molecule is CC[NH+]1CCC(CC(C)O)C1. The lowest BCUT2D eigenvalue weighted by Crippen LogP contribution is -3.09. The molecule has 0 radical (unpaired) electrons. The van der Waals surface area contributed by atoms with Crippen molar-refractivity contribution in [1.29, 1.82) is 0 Å². The van der Waals surface area contributed by atoms with Crippen molar-refractivity contribution in [3.05, 3.63) is 0 Å². The van der Waals surface area contributed by atoms with E-state index in [1.165, 1.54) is 26.1 Å². The van der Waals surface area contributed by atoms with Crippen molar-refractivity contribution in [3.8, 4) is 0 Å². The molecule has 1 rings (SSSR count). The number of aliphatic hydroxyl groups excluding tert-OH is 1. The largest absolute Gasteiger partial charge is 0.393 e. The molecule has 0 amide bonds. The zero-order chi connectivity index (χ0) is 8.27. The number of rotatable bonds is 3. The molecule has 1 fully saturated rings. The minimum atomic E-state index is -0.101. The molecule has 1 aliphatic heterocycles. The second-order valence-corrected chi connectivity index (χ2v) is 3.80. The van der Waals surface area contributed by atoms with E-state index >= 15 is 0 Å². The normalized spacial score (nSPS) is 34.1. The molecule has 2 heteroatoms. The first-order valence-electron chi connectivity index (χ1n) is 4.74. The van der Waals surface area contributed by atoms with E-state index in [1.807, 2.05) is 6.92 Å². The van der Waals surface area contributed by atoms with Gasteiger partial charge in [-0.05, 0) is 20.3 Å². The third-order valence-corrected chi connectivity index (χ3v) is 2.66. The van der Waals surface area contributed by atoms with Crippen LogP contribution in [0.3, 0.4) is 0 Å². The summed E-state index contributed by atoms with van der Waals surface area (Å²) in [4.78, 5) is 1.70. The summed E-state index contributed by atoms with van der Waals surface area (Å²) in [5.41, 5.74) is 0. The summed E-state index contributed by atoms with van der Waals surface area (Å²) in [6.45, 7) is 7.97. The van der Waals surface area contributed by atoms with E-state index in [-0.39, 0.29) is 6.10 Å². The van der Waals surface area contributed by atoms with Crippen molar-refractivity contribution < 1.29 is 10.0 Å². The molecule has 1 aliphatic rings. The van der Waals surface area contributed by atoms with Crippen LogP contribution in [-0.2, 0) is 0 Å². The molecule has 3 atom stereocenters. The molecular weight excluding hydrogens is 138 g/mol. The van der Waals surface area contributed by atoms with Crippen molar-refractivity contribution >= 4 is 0 Å².